The molecule has 4 nitrogen and oxygen atoms in total. The summed E-state index contributed by atoms with van der Waals surface area (Å²) in [6.45, 7) is 6.41. The van der Waals surface area contributed by atoms with Crippen molar-refractivity contribution in [3.05, 3.63) is 29.8 Å². The van der Waals surface area contributed by atoms with Crippen molar-refractivity contribution in [1.29, 1.82) is 0 Å². The number of nitrogens with one attached hydrogen (secondary N) is 2. The molecule has 3 N–H and O–H groups in total. The van der Waals surface area contributed by atoms with E-state index in [4.69, 9.17) is 0 Å². The van der Waals surface area contributed by atoms with Gasteiger partial charge in [0.25, 0.3) is 0 Å². The van der Waals surface area contributed by atoms with E-state index >= 15 is 0 Å². The van der Waals surface area contributed by atoms with Crippen LogP contribution >= 0.6 is 0 Å². The third-order valence-corrected chi connectivity index (χ3v) is 2.88. The van der Waals surface area contributed by atoms with Crippen LogP contribution in [0.1, 0.15) is 32.3 Å². The molecule has 0 aliphatic carbocycles. The molecule has 106 valence electrons. The van der Waals surface area contributed by atoms with Crippen molar-refractivity contribution in [3.63, 3.8) is 0 Å². The Hall–Kier alpha value is -1.39. The van der Waals surface area contributed by atoms with Gasteiger partial charge in [-0.3, -0.25) is 4.79 Å². The van der Waals surface area contributed by atoms with Gasteiger partial charge in [-0.1, -0.05) is 25.5 Å². The molecule has 1 amide bonds. The van der Waals surface area contributed by atoms with Crippen LogP contribution < -0.4 is 10.6 Å². The van der Waals surface area contributed by atoms with Gasteiger partial charge in [-0.25, -0.2) is 0 Å². The van der Waals surface area contributed by atoms with Crippen LogP contribution in [-0.4, -0.2) is 29.7 Å². The SMILES string of the molecule is CCCC(C)(O)CNCC(=O)Nc1cccc(C)c1. The molecule has 0 aromatic heterocycles. The van der Waals surface area contributed by atoms with Crippen molar-refractivity contribution in [2.45, 2.75) is 39.2 Å². The van der Waals surface area contributed by atoms with Gasteiger partial charge in [0.2, 0.25) is 5.91 Å². The largest absolute Gasteiger partial charge is 0.389 e. The van der Waals surface area contributed by atoms with Crippen molar-refractivity contribution in [2.75, 3.05) is 18.4 Å². The van der Waals surface area contributed by atoms with Gasteiger partial charge in [-0.15, -0.1) is 0 Å². The summed E-state index contributed by atoms with van der Waals surface area (Å²) in [5.74, 6) is -0.0992. The minimum atomic E-state index is -0.752. The molecule has 1 atom stereocenters. The highest BCUT2D eigenvalue weighted by molar-refractivity contribution is 5.92. The van der Waals surface area contributed by atoms with E-state index in [-0.39, 0.29) is 12.5 Å². The maximum atomic E-state index is 11.7. The second kappa shape index (κ2) is 7.26. The average Bonchev–Trinajstić information content (AvgIpc) is 2.28. The molecule has 19 heavy (non-hydrogen) atoms. The van der Waals surface area contributed by atoms with Crippen LogP contribution in [0.25, 0.3) is 0 Å². The zero-order chi connectivity index (χ0) is 14.3. The van der Waals surface area contributed by atoms with E-state index in [0.717, 1.165) is 24.1 Å². The van der Waals surface area contributed by atoms with Gasteiger partial charge in [0.1, 0.15) is 0 Å². The van der Waals surface area contributed by atoms with Crippen molar-refractivity contribution in [1.82, 2.24) is 5.32 Å². The number of rotatable bonds is 7. The fraction of sp³-hybridized carbons (Fsp3) is 0.533. The summed E-state index contributed by atoms with van der Waals surface area (Å²) >= 11 is 0. The number of aliphatic hydroxyl groups is 1. The van der Waals surface area contributed by atoms with Crippen LogP contribution in [-0.2, 0) is 4.79 Å². The molecular formula is C15H24N2O2. The van der Waals surface area contributed by atoms with Crippen LogP contribution in [0.5, 0.6) is 0 Å². The fourth-order valence-electron chi connectivity index (χ4n) is 2.00. The number of carbonyl (C=O) groups excluding carboxylic acids is 1. The van der Waals surface area contributed by atoms with E-state index in [1.807, 2.05) is 38.1 Å². The minimum Gasteiger partial charge on any atom is -0.389 e. The number of anilines is 1. The average molecular weight is 264 g/mol. The Kier molecular flexibility index (Phi) is 5.99. The van der Waals surface area contributed by atoms with Gasteiger partial charge in [0, 0.05) is 12.2 Å². The van der Waals surface area contributed by atoms with Gasteiger partial charge in [0.05, 0.1) is 12.1 Å². The predicted molar refractivity (Wildman–Crippen MR) is 78.2 cm³/mol. The Balaban J connectivity index is 2.32. The molecule has 0 heterocycles. The quantitative estimate of drug-likeness (QED) is 0.706. The number of carbonyl (C=O) groups is 1. The van der Waals surface area contributed by atoms with Gasteiger partial charge in [0.15, 0.2) is 0 Å². The van der Waals surface area contributed by atoms with Crippen molar-refractivity contribution >= 4 is 11.6 Å². The van der Waals surface area contributed by atoms with E-state index in [1.165, 1.54) is 0 Å². The Morgan fingerprint density at radius 2 is 2.16 bits per heavy atom. The summed E-state index contributed by atoms with van der Waals surface area (Å²) in [4.78, 5) is 11.7. The summed E-state index contributed by atoms with van der Waals surface area (Å²) in [7, 11) is 0. The zero-order valence-electron chi connectivity index (χ0n) is 12.0. The van der Waals surface area contributed by atoms with Crippen LogP contribution in [0.2, 0.25) is 0 Å². The van der Waals surface area contributed by atoms with Crippen molar-refractivity contribution < 1.29 is 9.90 Å². The fourth-order valence-corrected chi connectivity index (χ4v) is 2.00. The number of amides is 1. The lowest BCUT2D eigenvalue weighted by atomic mass is 10.0. The first-order valence-corrected chi connectivity index (χ1v) is 6.72. The van der Waals surface area contributed by atoms with E-state index in [2.05, 4.69) is 10.6 Å². The van der Waals surface area contributed by atoms with Crippen LogP contribution in [0.3, 0.4) is 0 Å². The lowest BCUT2D eigenvalue weighted by Crippen LogP contribution is -2.40. The Morgan fingerprint density at radius 1 is 1.42 bits per heavy atom. The second-order valence-corrected chi connectivity index (χ2v) is 5.27. The van der Waals surface area contributed by atoms with Crippen LogP contribution in [0.15, 0.2) is 24.3 Å². The maximum absolute atomic E-state index is 11.7. The highest BCUT2D eigenvalue weighted by atomic mass is 16.3. The molecule has 1 aromatic carbocycles. The Morgan fingerprint density at radius 3 is 2.79 bits per heavy atom. The third kappa shape index (κ3) is 6.36. The first-order chi connectivity index (χ1) is 8.93. The summed E-state index contributed by atoms with van der Waals surface area (Å²) in [5.41, 5.74) is 1.15. The molecule has 0 radical (unpaired) electrons. The molecule has 0 aliphatic rings. The number of hydrogen-bond donors (Lipinski definition) is 3. The standard InChI is InChI=1S/C15H24N2O2/c1-4-8-15(3,19)11-16-10-14(18)17-13-7-5-6-12(2)9-13/h5-7,9,16,19H,4,8,10-11H2,1-3H3,(H,17,18). The molecule has 4 heteroatoms. The molecule has 0 saturated heterocycles. The van der Waals surface area contributed by atoms with Gasteiger partial charge in [-0.05, 0) is 38.0 Å². The number of hydrogen-bond acceptors (Lipinski definition) is 3. The van der Waals surface area contributed by atoms with E-state index < -0.39 is 5.60 Å². The molecule has 0 bridgehead atoms. The predicted octanol–water partition coefficient (Wildman–Crippen LogP) is 2.07. The summed E-state index contributed by atoms with van der Waals surface area (Å²) < 4.78 is 0. The van der Waals surface area contributed by atoms with Crippen LogP contribution in [0.4, 0.5) is 5.69 Å². The molecule has 0 fully saturated rings. The highest BCUT2D eigenvalue weighted by Crippen LogP contribution is 2.10. The lowest BCUT2D eigenvalue weighted by Gasteiger charge is -2.22. The highest BCUT2D eigenvalue weighted by Gasteiger charge is 2.18. The number of benzene rings is 1. The van der Waals surface area contributed by atoms with E-state index in [0.29, 0.717) is 6.54 Å². The van der Waals surface area contributed by atoms with E-state index in [1.54, 1.807) is 6.92 Å². The Bertz CT molecular complexity index is 416. The van der Waals surface area contributed by atoms with Gasteiger partial charge >= 0.3 is 0 Å². The summed E-state index contributed by atoms with van der Waals surface area (Å²) in [6, 6.07) is 7.67. The monoisotopic (exact) mass is 264 g/mol. The molecule has 0 spiro atoms. The van der Waals surface area contributed by atoms with Gasteiger partial charge in [-0.2, -0.15) is 0 Å². The van der Waals surface area contributed by atoms with E-state index in [9.17, 15) is 9.90 Å². The first kappa shape index (κ1) is 15.7. The normalized spacial score (nSPS) is 13.9. The maximum Gasteiger partial charge on any atom is 0.238 e. The zero-order valence-corrected chi connectivity index (χ0v) is 12.0. The van der Waals surface area contributed by atoms with Crippen LogP contribution in [0, 0.1) is 6.92 Å². The first-order valence-electron chi connectivity index (χ1n) is 6.72. The molecule has 1 aromatic rings. The topological polar surface area (TPSA) is 61.4 Å². The minimum absolute atomic E-state index is 0.0992. The lowest BCUT2D eigenvalue weighted by molar-refractivity contribution is -0.115. The second-order valence-electron chi connectivity index (χ2n) is 5.27. The molecule has 0 aliphatic heterocycles. The molecule has 1 rings (SSSR count). The van der Waals surface area contributed by atoms with Gasteiger partial charge < -0.3 is 15.7 Å². The number of aryl methyl sites for hydroxylation is 1. The smallest absolute Gasteiger partial charge is 0.238 e. The summed E-state index contributed by atoms with van der Waals surface area (Å²) in [5, 5.41) is 15.8. The Labute approximate surface area is 115 Å². The third-order valence-electron chi connectivity index (χ3n) is 2.88. The summed E-state index contributed by atoms with van der Waals surface area (Å²) in [6.07, 6.45) is 1.64. The molecular weight excluding hydrogens is 240 g/mol. The van der Waals surface area contributed by atoms with Crippen molar-refractivity contribution in [3.8, 4) is 0 Å². The van der Waals surface area contributed by atoms with Crippen molar-refractivity contribution in [2.24, 2.45) is 0 Å². The molecule has 0 saturated carbocycles. The molecule has 1 unspecified atom stereocenters.